The molecule has 1 N–H and O–H groups in total. The highest BCUT2D eigenvalue weighted by Gasteiger charge is 2.12. The summed E-state index contributed by atoms with van der Waals surface area (Å²) < 4.78 is 8.83. The van der Waals surface area contributed by atoms with Crippen molar-refractivity contribution in [1.82, 2.24) is 9.99 Å². The number of nitrogens with one attached hydrogen (secondary N) is 1. The van der Waals surface area contributed by atoms with E-state index >= 15 is 0 Å². The minimum atomic E-state index is -0.395. The maximum Gasteiger partial charge on any atom is 0.272 e. The molecule has 31 heavy (non-hydrogen) atoms. The van der Waals surface area contributed by atoms with Crippen molar-refractivity contribution >= 4 is 39.7 Å². The Hall–Kier alpha value is -3.09. The molecular formula is C24H19BrClN3O2. The fourth-order valence-electron chi connectivity index (χ4n) is 3.31. The van der Waals surface area contributed by atoms with Crippen LogP contribution in [-0.2, 0) is 0 Å². The lowest BCUT2D eigenvalue weighted by molar-refractivity contribution is 0.0955. The van der Waals surface area contributed by atoms with Crippen LogP contribution in [0.25, 0.3) is 17.0 Å². The number of furan rings is 1. The van der Waals surface area contributed by atoms with Crippen LogP contribution in [0.4, 0.5) is 0 Å². The molecule has 0 saturated heterocycles. The second kappa shape index (κ2) is 8.96. The molecule has 1 amide bonds. The number of carbonyl (C=O) groups excluding carboxylic acids is 1. The van der Waals surface area contributed by atoms with Crippen molar-refractivity contribution in [2.24, 2.45) is 5.10 Å². The Morgan fingerprint density at radius 1 is 1.03 bits per heavy atom. The van der Waals surface area contributed by atoms with Crippen molar-refractivity contribution in [3.8, 4) is 17.0 Å². The number of aromatic nitrogens is 1. The second-order valence-corrected chi connectivity index (χ2v) is 8.35. The first kappa shape index (κ1) is 21.2. The van der Waals surface area contributed by atoms with Crippen molar-refractivity contribution in [1.29, 1.82) is 0 Å². The summed E-state index contributed by atoms with van der Waals surface area (Å²) >= 11 is 9.79. The Labute approximate surface area is 193 Å². The summed E-state index contributed by atoms with van der Waals surface area (Å²) in [5.74, 6) is 0.848. The zero-order valence-corrected chi connectivity index (χ0v) is 19.2. The molecule has 2 heterocycles. The molecule has 2 aromatic heterocycles. The number of rotatable bonds is 5. The van der Waals surface area contributed by atoms with Crippen LogP contribution >= 0.6 is 27.5 Å². The van der Waals surface area contributed by atoms with Gasteiger partial charge in [-0.1, -0.05) is 39.7 Å². The summed E-state index contributed by atoms with van der Waals surface area (Å²) in [5.41, 5.74) is 6.88. The van der Waals surface area contributed by atoms with E-state index in [0.29, 0.717) is 16.3 Å². The van der Waals surface area contributed by atoms with Crippen LogP contribution in [0.3, 0.4) is 0 Å². The second-order valence-electron chi connectivity index (χ2n) is 7.02. The summed E-state index contributed by atoms with van der Waals surface area (Å²) in [6.07, 6.45) is 1.45. The number of amides is 1. The van der Waals surface area contributed by atoms with Crippen LogP contribution in [0.2, 0.25) is 5.02 Å². The van der Waals surface area contributed by atoms with Crippen LogP contribution < -0.4 is 5.43 Å². The normalized spacial score (nSPS) is 11.2. The molecule has 4 rings (SSSR count). The largest absolute Gasteiger partial charge is 0.455 e. The minimum absolute atomic E-state index is 0.347. The molecule has 7 heteroatoms. The molecule has 0 unspecified atom stereocenters. The predicted octanol–water partition coefficient (Wildman–Crippen LogP) is 6.53. The Morgan fingerprint density at radius 3 is 2.42 bits per heavy atom. The van der Waals surface area contributed by atoms with Gasteiger partial charge in [0.05, 0.1) is 16.8 Å². The van der Waals surface area contributed by atoms with Crippen molar-refractivity contribution < 1.29 is 9.21 Å². The highest BCUT2D eigenvalue weighted by atomic mass is 79.9. The molecule has 0 atom stereocenters. The van der Waals surface area contributed by atoms with E-state index in [9.17, 15) is 4.79 Å². The fraction of sp³-hybridized carbons (Fsp3) is 0.0833. The van der Waals surface area contributed by atoms with Crippen LogP contribution in [-0.4, -0.2) is 16.7 Å². The first-order valence-electron chi connectivity index (χ1n) is 9.56. The Balaban J connectivity index is 1.44. The summed E-state index contributed by atoms with van der Waals surface area (Å²) in [7, 11) is 0. The molecule has 0 radical (unpaired) electrons. The third-order valence-corrected chi connectivity index (χ3v) is 5.68. The van der Waals surface area contributed by atoms with E-state index in [4.69, 9.17) is 16.0 Å². The van der Waals surface area contributed by atoms with Crippen molar-refractivity contribution in [3.63, 3.8) is 0 Å². The van der Waals surface area contributed by atoms with Crippen molar-refractivity contribution in [3.05, 3.63) is 98.9 Å². The maximum atomic E-state index is 12.5. The third kappa shape index (κ3) is 4.65. The highest BCUT2D eigenvalue weighted by Crippen LogP contribution is 2.24. The average molecular weight is 497 g/mol. The molecular weight excluding hydrogens is 478 g/mol. The van der Waals surface area contributed by atoms with E-state index < -0.39 is 5.91 Å². The Kier molecular flexibility index (Phi) is 6.11. The van der Waals surface area contributed by atoms with Gasteiger partial charge in [-0.2, -0.15) is 5.10 Å². The SMILES string of the molecule is Cc1ccc(C)n1-c1ccc(C(=O)N/N=C\c2ccc(-c3ccc(Br)cc3)o2)c(Cl)c1. The molecule has 156 valence electrons. The summed E-state index contributed by atoms with van der Waals surface area (Å²) in [6.45, 7) is 4.04. The summed E-state index contributed by atoms with van der Waals surface area (Å²) in [4.78, 5) is 12.5. The monoisotopic (exact) mass is 495 g/mol. The zero-order chi connectivity index (χ0) is 22.0. The van der Waals surface area contributed by atoms with Gasteiger partial charge >= 0.3 is 0 Å². The standard InChI is InChI=1S/C24H19BrClN3O2/c1-15-3-4-16(2)29(15)19-9-11-21(22(26)13-19)24(30)28-27-14-20-10-12-23(31-20)17-5-7-18(25)8-6-17/h3-14H,1-2H3,(H,28,30)/b27-14-. The van der Waals surface area contributed by atoms with Gasteiger partial charge in [0, 0.05) is 27.1 Å². The average Bonchev–Trinajstić information content (AvgIpc) is 3.35. The zero-order valence-electron chi connectivity index (χ0n) is 16.9. The lowest BCUT2D eigenvalue weighted by Crippen LogP contribution is -2.18. The molecule has 0 spiro atoms. The number of aryl methyl sites for hydroxylation is 2. The number of hydrogen-bond donors (Lipinski definition) is 1. The smallest absolute Gasteiger partial charge is 0.272 e. The van der Waals surface area contributed by atoms with E-state index in [1.165, 1.54) is 6.21 Å². The quantitative estimate of drug-likeness (QED) is 0.252. The third-order valence-electron chi connectivity index (χ3n) is 4.84. The van der Waals surface area contributed by atoms with E-state index in [2.05, 4.69) is 31.0 Å². The molecule has 0 aliphatic rings. The lowest BCUT2D eigenvalue weighted by Gasteiger charge is -2.11. The number of carbonyl (C=O) groups is 1. The molecule has 5 nitrogen and oxygen atoms in total. The van der Waals surface area contributed by atoms with E-state index in [1.54, 1.807) is 18.2 Å². The molecule has 0 saturated carbocycles. The van der Waals surface area contributed by atoms with Gasteiger partial charge in [0.15, 0.2) is 0 Å². The van der Waals surface area contributed by atoms with Gasteiger partial charge < -0.3 is 8.98 Å². The van der Waals surface area contributed by atoms with E-state index in [0.717, 1.165) is 32.9 Å². The fourth-order valence-corrected chi connectivity index (χ4v) is 3.83. The molecule has 4 aromatic rings. The van der Waals surface area contributed by atoms with Crippen LogP contribution in [0.1, 0.15) is 27.5 Å². The number of benzene rings is 2. The topological polar surface area (TPSA) is 59.5 Å². The van der Waals surface area contributed by atoms with Gasteiger partial charge in [-0.3, -0.25) is 4.79 Å². The van der Waals surface area contributed by atoms with Gasteiger partial charge in [0.2, 0.25) is 0 Å². The maximum absolute atomic E-state index is 12.5. The Bertz CT molecular complexity index is 1250. The van der Waals surface area contributed by atoms with Gasteiger partial charge in [0.1, 0.15) is 11.5 Å². The van der Waals surface area contributed by atoms with E-state index in [-0.39, 0.29) is 0 Å². The molecule has 0 aliphatic carbocycles. The minimum Gasteiger partial charge on any atom is -0.455 e. The first-order chi connectivity index (χ1) is 14.9. The van der Waals surface area contributed by atoms with Crippen molar-refractivity contribution in [2.75, 3.05) is 0 Å². The lowest BCUT2D eigenvalue weighted by atomic mass is 10.2. The summed E-state index contributed by atoms with van der Waals surface area (Å²) in [6, 6.07) is 20.8. The first-order valence-corrected chi connectivity index (χ1v) is 10.7. The van der Waals surface area contributed by atoms with Gasteiger partial charge in [-0.05, 0) is 68.4 Å². The van der Waals surface area contributed by atoms with Crippen molar-refractivity contribution in [2.45, 2.75) is 13.8 Å². The molecule has 0 fully saturated rings. The predicted molar refractivity (Wildman–Crippen MR) is 127 cm³/mol. The molecule has 0 aliphatic heterocycles. The van der Waals surface area contributed by atoms with E-state index in [1.807, 2.05) is 62.4 Å². The number of halogens is 2. The highest BCUT2D eigenvalue weighted by molar-refractivity contribution is 9.10. The summed E-state index contributed by atoms with van der Waals surface area (Å²) in [5, 5.41) is 4.35. The Morgan fingerprint density at radius 2 is 1.74 bits per heavy atom. The molecule has 2 aromatic carbocycles. The number of hydrazone groups is 1. The van der Waals surface area contributed by atoms with Gasteiger partial charge in [-0.25, -0.2) is 5.43 Å². The van der Waals surface area contributed by atoms with Gasteiger partial charge in [-0.15, -0.1) is 0 Å². The molecule has 0 bridgehead atoms. The van der Waals surface area contributed by atoms with Crippen LogP contribution in [0.15, 0.2) is 80.7 Å². The number of nitrogens with zero attached hydrogens (tertiary/aromatic N) is 2. The number of hydrogen-bond acceptors (Lipinski definition) is 3. The van der Waals surface area contributed by atoms with Gasteiger partial charge in [0.25, 0.3) is 5.91 Å². The van der Waals surface area contributed by atoms with Crippen LogP contribution in [0, 0.1) is 13.8 Å². The van der Waals surface area contributed by atoms with Crippen LogP contribution in [0.5, 0.6) is 0 Å².